The number of fused-ring (bicyclic) bond motifs is 2. The van der Waals surface area contributed by atoms with E-state index in [2.05, 4.69) is 6.92 Å². The lowest BCUT2D eigenvalue weighted by atomic mass is 9.88. The third-order valence-corrected chi connectivity index (χ3v) is 4.39. The van der Waals surface area contributed by atoms with Crippen LogP contribution in [0.3, 0.4) is 0 Å². The number of piperidine rings is 1. The quantitative estimate of drug-likeness (QED) is 0.726. The lowest BCUT2D eigenvalue weighted by molar-refractivity contribution is -0.140. The highest BCUT2D eigenvalue weighted by Crippen LogP contribution is 2.40. The number of carbonyl (C=O) groups excluding carboxylic acids is 1. The van der Waals surface area contributed by atoms with Gasteiger partial charge in [0.05, 0.1) is 13.0 Å². The van der Waals surface area contributed by atoms with Crippen LogP contribution in [0.5, 0.6) is 0 Å². The average molecular weight is 283 g/mol. The van der Waals surface area contributed by atoms with Gasteiger partial charge in [0, 0.05) is 25.1 Å². The minimum absolute atomic E-state index is 0.183. The minimum Gasteiger partial charge on any atom is -0.481 e. The Labute approximate surface area is 120 Å². The van der Waals surface area contributed by atoms with Crippen LogP contribution in [0.15, 0.2) is 0 Å². The van der Waals surface area contributed by atoms with Crippen molar-refractivity contribution in [1.29, 1.82) is 0 Å². The molecular formula is C15H25NO4. The molecular weight excluding hydrogens is 258 g/mol. The molecule has 2 rings (SSSR count). The molecule has 2 unspecified atom stereocenters. The fourth-order valence-electron chi connectivity index (χ4n) is 3.65. The summed E-state index contributed by atoms with van der Waals surface area (Å²) >= 11 is 0. The van der Waals surface area contributed by atoms with Crippen molar-refractivity contribution in [3.8, 4) is 0 Å². The van der Waals surface area contributed by atoms with Gasteiger partial charge < -0.3 is 14.7 Å². The van der Waals surface area contributed by atoms with Gasteiger partial charge in [-0.3, -0.25) is 9.59 Å². The normalized spacial score (nSPS) is 28.6. The molecule has 2 aliphatic rings. The molecule has 0 spiro atoms. The molecule has 0 aromatic rings. The van der Waals surface area contributed by atoms with E-state index in [0.29, 0.717) is 19.6 Å². The molecule has 114 valence electrons. The largest absolute Gasteiger partial charge is 0.481 e. The van der Waals surface area contributed by atoms with Crippen molar-refractivity contribution in [2.24, 2.45) is 5.92 Å². The molecule has 2 atom stereocenters. The Morgan fingerprint density at radius 3 is 2.40 bits per heavy atom. The van der Waals surface area contributed by atoms with Gasteiger partial charge in [0.2, 0.25) is 5.91 Å². The number of amides is 1. The maximum atomic E-state index is 12.3. The summed E-state index contributed by atoms with van der Waals surface area (Å²) in [5.41, 5.74) is 0. The summed E-state index contributed by atoms with van der Waals surface area (Å²) in [4.78, 5) is 25.1. The van der Waals surface area contributed by atoms with Crippen molar-refractivity contribution in [1.82, 2.24) is 4.90 Å². The third-order valence-electron chi connectivity index (χ3n) is 4.39. The Bertz CT molecular complexity index is 344. The van der Waals surface area contributed by atoms with Gasteiger partial charge in [0.15, 0.2) is 0 Å². The van der Waals surface area contributed by atoms with Crippen LogP contribution >= 0.6 is 0 Å². The number of carboxylic acids is 1. The van der Waals surface area contributed by atoms with Crippen LogP contribution in [0.4, 0.5) is 0 Å². The molecule has 1 N–H and O–H groups in total. The van der Waals surface area contributed by atoms with Crippen molar-refractivity contribution in [3.63, 3.8) is 0 Å². The highest BCUT2D eigenvalue weighted by Gasteiger charge is 2.43. The molecule has 2 bridgehead atoms. The molecule has 0 saturated carbocycles. The molecule has 5 heteroatoms. The van der Waals surface area contributed by atoms with Gasteiger partial charge >= 0.3 is 5.97 Å². The highest BCUT2D eigenvalue weighted by atomic mass is 16.5. The number of carbonyl (C=O) groups is 2. The third kappa shape index (κ3) is 3.72. The Morgan fingerprint density at radius 2 is 1.85 bits per heavy atom. The Kier molecular flexibility index (Phi) is 5.40. The molecule has 0 aromatic carbocycles. The first-order chi connectivity index (χ1) is 9.61. The van der Waals surface area contributed by atoms with Gasteiger partial charge in [-0.15, -0.1) is 0 Å². The van der Waals surface area contributed by atoms with E-state index in [0.717, 1.165) is 32.1 Å². The van der Waals surface area contributed by atoms with Crippen molar-refractivity contribution >= 4 is 11.9 Å². The summed E-state index contributed by atoms with van der Waals surface area (Å²) in [6.45, 7) is 3.26. The number of hydrogen-bond donors (Lipinski definition) is 1. The fourth-order valence-corrected chi connectivity index (χ4v) is 3.65. The zero-order valence-corrected chi connectivity index (χ0v) is 12.2. The molecule has 2 heterocycles. The van der Waals surface area contributed by atoms with Crippen LogP contribution in [0.25, 0.3) is 0 Å². The van der Waals surface area contributed by atoms with Crippen molar-refractivity contribution < 1.29 is 19.4 Å². The fraction of sp³-hybridized carbons (Fsp3) is 0.867. The number of ether oxygens (including phenoxy) is 1. The van der Waals surface area contributed by atoms with E-state index in [1.165, 1.54) is 0 Å². The predicted molar refractivity (Wildman–Crippen MR) is 74.4 cm³/mol. The van der Waals surface area contributed by atoms with Gasteiger partial charge in [-0.25, -0.2) is 0 Å². The van der Waals surface area contributed by atoms with Crippen LogP contribution in [0.2, 0.25) is 0 Å². The summed E-state index contributed by atoms with van der Waals surface area (Å²) in [6, 6.07) is 0.522. The standard InChI is InChI=1S/C15H25NO4/c1-2-6-20-7-5-14(17)16-12-3-4-13(16)9-11(8-12)10-15(18)19/h11-13H,2-10H2,1H3,(H,18,19). The van der Waals surface area contributed by atoms with E-state index < -0.39 is 5.97 Å². The minimum atomic E-state index is -0.720. The maximum Gasteiger partial charge on any atom is 0.303 e. The van der Waals surface area contributed by atoms with Crippen LogP contribution in [-0.4, -0.2) is 47.2 Å². The topological polar surface area (TPSA) is 66.8 Å². The van der Waals surface area contributed by atoms with Gasteiger partial charge in [-0.2, -0.15) is 0 Å². The van der Waals surface area contributed by atoms with E-state index in [1.54, 1.807) is 0 Å². The van der Waals surface area contributed by atoms with E-state index >= 15 is 0 Å². The molecule has 0 aromatic heterocycles. The maximum absolute atomic E-state index is 12.3. The van der Waals surface area contributed by atoms with Crippen molar-refractivity contribution in [3.05, 3.63) is 0 Å². The highest BCUT2D eigenvalue weighted by molar-refractivity contribution is 5.77. The number of hydrogen-bond acceptors (Lipinski definition) is 3. The van der Waals surface area contributed by atoms with Crippen LogP contribution in [-0.2, 0) is 14.3 Å². The lowest BCUT2D eigenvalue weighted by Gasteiger charge is -2.38. The van der Waals surface area contributed by atoms with E-state index in [1.807, 2.05) is 4.90 Å². The van der Waals surface area contributed by atoms with E-state index in [9.17, 15) is 9.59 Å². The summed E-state index contributed by atoms with van der Waals surface area (Å²) in [5.74, 6) is -0.296. The molecule has 5 nitrogen and oxygen atoms in total. The Balaban J connectivity index is 1.82. The molecule has 2 fully saturated rings. The molecule has 2 aliphatic heterocycles. The number of carboxylic acid groups (broad SMARTS) is 1. The van der Waals surface area contributed by atoms with E-state index in [-0.39, 0.29) is 30.3 Å². The smallest absolute Gasteiger partial charge is 0.303 e. The Hall–Kier alpha value is -1.10. The van der Waals surface area contributed by atoms with Crippen LogP contribution in [0.1, 0.15) is 51.9 Å². The molecule has 2 saturated heterocycles. The number of aliphatic carboxylic acids is 1. The van der Waals surface area contributed by atoms with Gasteiger partial charge in [0.1, 0.15) is 0 Å². The first kappa shape index (κ1) is 15.3. The zero-order valence-electron chi connectivity index (χ0n) is 12.2. The monoisotopic (exact) mass is 283 g/mol. The van der Waals surface area contributed by atoms with Crippen LogP contribution in [0, 0.1) is 5.92 Å². The summed E-state index contributed by atoms with van der Waals surface area (Å²) in [5, 5.41) is 8.90. The molecule has 1 amide bonds. The Morgan fingerprint density at radius 1 is 1.20 bits per heavy atom. The summed E-state index contributed by atoms with van der Waals surface area (Å²) in [7, 11) is 0. The lowest BCUT2D eigenvalue weighted by Crippen LogP contribution is -2.47. The van der Waals surface area contributed by atoms with Crippen molar-refractivity contribution in [2.45, 2.75) is 64.0 Å². The predicted octanol–water partition coefficient (Wildman–Crippen LogP) is 2.05. The summed E-state index contributed by atoms with van der Waals surface area (Å²) in [6.07, 6.45) is 5.44. The van der Waals surface area contributed by atoms with E-state index in [4.69, 9.17) is 9.84 Å². The SMILES string of the molecule is CCCOCCC(=O)N1C2CCC1CC(CC(=O)O)C2. The zero-order chi connectivity index (χ0) is 14.5. The first-order valence-electron chi connectivity index (χ1n) is 7.72. The van der Waals surface area contributed by atoms with Gasteiger partial charge in [0.25, 0.3) is 0 Å². The second-order valence-corrected chi connectivity index (χ2v) is 5.98. The number of rotatable bonds is 7. The molecule has 0 radical (unpaired) electrons. The summed E-state index contributed by atoms with van der Waals surface area (Å²) < 4.78 is 5.38. The van der Waals surface area contributed by atoms with Gasteiger partial charge in [-0.1, -0.05) is 6.92 Å². The second-order valence-electron chi connectivity index (χ2n) is 5.98. The van der Waals surface area contributed by atoms with Crippen LogP contribution < -0.4 is 0 Å². The average Bonchev–Trinajstić information content (AvgIpc) is 2.66. The van der Waals surface area contributed by atoms with Gasteiger partial charge in [-0.05, 0) is 38.0 Å². The second kappa shape index (κ2) is 7.07. The van der Waals surface area contributed by atoms with Crippen molar-refractivity contribution in [2.75, 3.05) is 13.2 Å². The number of nitrogens with zero attached hydrogens (tertiary/aromatic N) is 1. The molecule has 0 aliphatic carbocycles. The molecule has 20 heavy (non-hydrogen) atoms. The first-order valence-corrected chi connectivity index (χ1v) is 7.72.